The minimum atomic E-state index is -1.12. The van der Waals surface area contributed by atoms with Gasteiger partial charge < -0.3 is 24.8 Å². The first-order chi connectivity index (χ1) is 18.4. The molecule has 2 aromatic carbocycles. The molecular weight excluding hydrogens is 482 g/mol. The van der Waals surface area contributed by atoms with Crippen molar-refractivity contribution in [3.8, 4) is 5.75 Å². The number of ether oxygens (including phenoxy) is 1. The fourth-order valence-electron chi connectivity index (χ4n) is 5.10. The van der Waals surface area contributed by atoms with Crippen molar-refractivity contribution in [1.29, 1.82) is 0 Å². The molecule has 1 fully saturated rings. The van der Waals surface area contributed by atoms with Gasteiger partial charge in [-0.15, -0.1) is 0 Å². The summed E-state index contributed by atoms with van der Waals surface area (Å²) in [7, 11) is 1.59. The van der Waals surface area contributed by atoms with Crippen molar-refractivity contribution in [2.45, 2.75) is 64.3 Å². The van der Waals surface area contributed by atoms with Crippen LogP contribution in [0.15, 0.2) is 54.9 Å². The van der Waals surface area contributed by atoms with Crippen molar-refractivity contribution in [2.75, 3.05) is 7.11 Å². The smallest absolute Gasteiger partial charge is 0.274 e. The summed E-state index contributed by atoms with van der Waals surface area (Å²) >= 11 is 0. The number of nitrogens with one attached hydrogen (secondary N) is 2. The van der Waals surface area contributed by atoms with Crippen molar-refractivity contribution < 1.29 is 19.1 Å². The molecule has 198 valence electrons. The lowest BCUT2D eigenvalue weighted by molar-refractivity contribution is -0.133. The van der Waals surface area contributed by atoms with E-state index in [0.29, 0.717) is 12.3 Å². The maximum absolute atomic E-state index is 13.8. The second-order valence-electron chi connectivity index (χ2n) is 10.1. The van der Waals surface area contributed by atoms with Gasteiger partial charge in [-0.1, -0.05) is 49.4 Å². The Kier molecular flexibility index (Phi) is 6.93. The van der Waals surface area contributed by atoms with E-state index >= 15 is 0 Å². The van der Waals surface area contributed by atoms with Crippen molar-refractivity contribution in [1.82, 2.24) is 25.1 Å². The third kappa shape index (κ3) is 4.76. The zero-order valence-electron chi connectivity index (χ0n) is 22.0. The van der Waals surface area contributed by atoms with Crippen molar-refractivity contribution >= 4 is 17.7 Å². The van der Waals surface area contributed by atoms with E-state index in [1.54, 1.807) is 23.5 Å². The number of rotatable bonds is 9. The van der Waals surface area contributed by atoms with Crippen LogP contribution in [0.1, 0.15) is 64.4 Å². The number of methoxy groups -OCH3 is 1. The maximum Gasteiger partial charge on any atom is 0.274 e. The van der Waals surface area contributed by atoms with Crippen LogP contribution in [0.5, 0.6) is 5.75 Å². The fraction of sp³-hybridized carbons (Fsp3) is 0.379. The van der Waals surface area contributed by atoms with Crippen LogP contribution in [0.2, 0.25) is 0 Å². The van der Waals surface area contributed by atoms with E-state index < -0.39 is 11.4 Å². The lowest BCUT2D eigenvalue weighted by Gasteiger charge is -2.44. The molecule has 0 radical (unpaired) electrons. The molecular formula is C29H33N5O4. The highest BCUT2D eigenvalue weighted by molar-refractivity contribution is 6.07. The zero-order chi connectivity index (χ0) is 26.9. The molecule has 5 rings (SSSR count). The molecule has 1 saturated carbocycles. The second-order valence-corrected chi connectivity index (χ2v) is 10.1. The van der Waals surface area contributed by atoms with Gasteiger partial charge >= 0.3 is 0 Å². The molecule has 1 atom stereocenters. The molecule has 2 heterocycles. The summed E-state index contributed by atoms with van der Waals surface area (Å²) in [6.45, 7) is 4.69. The SMILES string of the molecule is CCc1ccc(CNC(=O)c2ncn3c2C(=O)N(C2CC2)[C@@](C)(C(=O)NCc2ccccc2OC)C3)cc1. The molecule has 0 bridgehead atoms. The Labute approximate surface area is 222 Å². The Morgan fingerprint density at radius 3 is 2.45 bits per heavy atom. The van der Waals surface area contributed by atoms with Crippen LogP contribution in [0.3, 0.4) is 0 Å². The summed E-state index contributed by atoms with van der Waals surface area (Å²) in [5, 5.41) is 5.88. The van der Waals surface area contributed by atoms with Crippen LogP contribution >= 0.6 is 0 Å². The fourth-order valence-corrected chi connectivity index (χ4v) is 5.10. The van der Waals surface area contributed by atoms with Crippen molar-refractivity contribution in [2.24, 2.45) is 0 Å². The number of carbonyl (C=O) groups excluding carboxylic acids is 3. The highest BCUT2D eigenvalue weighted by Gasteiger charge is 2.53. The van der Waals surface area contributed by atoms with E-state index in [-0.39, 0.29) is 42.3 Å². The Morgan fingerprint density at radius 1 is 1.05 bits per heavy atom. The molecule has 3 amide bonds. The predicted octanol–water partition coefficient (Wildman–Crippen LogP) is 3.08. The quantitative estimate of drug-likeness (QED) is 0.456. The van der Waals surface area contributed by atoms with Gasteiger partial charge in [-0.25, -0.2) is 4.98 Å². The van der Waals surface area contributed by atoms with E-state index in [1.165, 1.54) is 11.9 Å². The summed E-state index contributed by atoms with van der Waals surface area (Å²) < 4.78 is 7.03. The zero-order valence-corrected chi connectivity index (χ0v) is 22.0. The van der Waals surface area contributed by atoms with Crippen LogP contribution in [-0.2, 0) is 30.8 Å². The van der Waals surface area contributed by atoms with Crippen LogP contribution in [0, 0.1) is 0 Å². The van der Waals surface area contributed by atoms with Crippen LogP contribution in [0.25, 0.3) is 0 Å². The number of amides is 3. The number of aromatic nitrogens is 2. The number of para-hydroxylation sites is 1. The number of fused-ring (bicyclic) bond motifs is 1. The molecule has 2 aliphatic rings. The van der Waals surface area contributed by atoms with Gasteiger partial charge in [-0.05, 0) is 43.4 Å². The molecule has 2 N–H and O–H groups in total. The largest absolute Gasteiger partial charge is 0.496 e. The number of aryl methyl sites for hydroxylation is 1. The van der Waals surface area contributed by atoms with E-state index in [4.69, 9.17) is 4.74 Å². The third-order valence-electron chi connectivity index (χ3n) is 7.40. The normalized spacial score (nSPS) is 18.6. The maximum atomic E-state index is 13.8. The minimum Gasteiger partial charge on any atom is -0.496 e. The number of benzene rings is 2. The Morgan fingerprint density at radius 2 is 1.76 bits per heavy atom. The molecule has 9 nitrogen and oxygen atoms in total. The number of imidazole rings is 1. The van der Waals surface area contributed by atoms with Gasteiger partial charge in [-0.3, -0.25) is 14.4 Å². The average Bonchev–Trinajstić information content (AvgIpc) is 3.68. The molecule has 9 heteroatoms. The first-order valence-electron chi connectivity index (χ1n) is 13.0. The highest BCUT2D eigenvalue weighted by atomic mass is 16.5. The minimum absolute atomic E-state index is 0.0406. The van der Waals surface area contributed by atoms with E-state index in [9.17, 15) is 14.4 Å². The van der Waals surface area contributed by atoms with E-state index in [2.05, 4.69) is 22.5 Å². The molecule has 0 saturated heterocycles. The van der Waals surface area contributed by atoms with Crippen LogP contribution in [0.4, 0.5) is 0 Å². The van der Waals surface area contributed by atoms with Gasteiger partial charge in [0.25, 0.3) is 11.8 Å². The summed E-state index contributed by atoms with van der Waals surface area (Å²) in [5.74, 6) is -0.328. The van der Waals surface area contributed by atoms with Gasteiger partial charge in [-0.2, -0.15) is 0 Å². The predicted molar refractivity (Wildman–Crippen MR) is 142 cm³/mol. The lowest BCUT2D eigenvalue weighted by Crippen LogP contribution is -2.64. The standard InChI is InChI=1S/C29H33N5O4/c1-4-19-9-11-20(12-10-19)15-30-26(35)24-25-27(36)34(22-13-14-22)29(2,17-33(25)18-32-24)28(37)31-16-21-7-5-6-8-23(21)38-3/h5-12,18,22H,4,13-17H2,1-3H3,(H,30,35)(H,31,37)/t29-/m1/s1. The first-order valence-corrected chi connectivity index (χ1v) is 13.0. The molecule has 38 heavy (non-hydrogen) atoms. The number of nitrogens with zero attached hydrogens (tertiary/aromatic N) is 3. The molecule has 0 spiro atoms. The highest BCUT2D eigenvalue weighted by Crippen LogP contribution is 2.39. The number of carbonyl (C=O) groups is 3. The summed E-state index contributed by atoms with van der Waals surface area (Å²) in [5.41, 5.74) is 2.23. The van der Waals surface area contributed by atoms with Gasteiger partial charge in [0, 0.05) is 24.7 Å². The summed E-state index contributed by atoms with van der Waals surface area (Å²) in [6.07, 6.45) is 4.08. The van der Waals surface area contributed by atoms with E-state index in [1.807, 2.05) is 48.5 Å². The molecule has 1 aliphatic carbocycles. The molecule has 1 aromatic heterocycles. The first kappa shape index (κ1) is 25.5. The molecule has 3 aromatic rings. The lowest BCUT2D eigenvalue weighted by atomic mass is 9.93. The van der Waals surface area contributed by atoms with Gasteiger partial charge in [0.1, 0.15) is 17.0 Å². The van der Waals surface area contributed by atoms with Crippen LogP contribution in [-0.4, -0.2) is 50.9 Å². The molecule has 0 unspecified atom stereocenters. The Balaban J connectivity index is 1.34. The van der Waals surface area contributed by atoms with Gasteiger partial charge in [0.15, 0.2) is 5.69 Å². The number of hydrogen-bond acceptors (Lipinski definition) is 5. The van der Waals surface area contributed by atoms with Crippen molar-refractivity contribution in [3.63, 3.8) is 0 Å². The summed E-state index contributed by atoms with van der Waals surface area (Å²) in [6, 6.07) is 15.5. The molecule has 1 aliphatic heterocycles. The van der Waals surface area contributed by atoms with Crippen LogP contribution < -0.4 is 15.4 Å². The Bertz CT molecular complexity index is 1360. The van der Waals surface area contributed by atoms with Gasteiger partial charge in [0.2, 0.25) is 5.91 Å². The Hall–Kier alpha value is -4.14. The average molecular weight is 516 g/mol. The topological polar surface area (TPSA) is 106 Å². The van der Waals surface area contributed by atoms with E-state index in [0.717, 1.165) is 30.4 Å². The second kappa shape index (κ2) is 10.3. The summed E-state index contributed by atoms with van der Waals surface area (Å²) in [4.78, 5) is 46.4. The van der Waals surface area contributed by atoms with Gasteiger partial charge in [0.05, 0.1) is 20.0 Å². The number of hydrogen-bond donors (Lipinski definition) is 2. The van der Waals surface area contributed by atoms with Crippen molar-refractivity contribution in [3.05, 3.63) is 82.9 Å². The monoisotopic (exact) mass is 515 g/mol. The third-order valence-corrected chi connectivity index (χ3v) is 7.40.